The predicted octanol–water partition coefficient (Wildman–Crippen LogP) is 4.68. The number of amides is 1. The van der Waals surface area contributed by atoms with Crippen molar-refractivity contribution < 1.29 is 21.7 Å². The Labute approximate surface area is 178 Å². The van der Waals surface area contributed by atoms with Crippen LogP contribution in [0.3, 0.4) is 0 Å². The van der Waals surface area contributed by atoms with E-state index in [1.807, 2.05) is 21.1 Å². The first-order valence-electron chi connectivity index (χ1n) is 11.4. The van der Waals surface area contributed by atoms with Crippen LogP contribution in [0.25, 0.3) is 0 Å². The van der Waals surface area contributed by atoms with Gasteiger partial charge in [0.2, 0.25) is 0 Å². The van der Waals surface area contributed by atoms with Gasteiger partial charge in [-0.15, -0.1) is 0 Å². The van der Waals surface area contributed by atoms with Crippen molar-refractivity contribution in [3.63, 3.8) is 0 Å². The van der Waals surface area contributed by atoms with Gasteiger partial charge in [-0.1, -0.05) is 90.7 Å². The molecule has 0 aliphatic carbocycles. The molecule has 0 fully saturated rings. The van der Waals surface area contributed by atoms with Crippen LogP contribution in [-0.2, 0) is 4.79 Å². The van der Waals surface area contributed by atoms with E-state index in [0.717, 1.165) is 12.8 Å². The topological polar surface area (TPSA) is 17.1 Å². The molecular formula is C24H50ClNO. The second-order valence-corrected chi connectivity index (χ2v) is 8.45. The van der Waals surface area contributed by atoms with E-state index in [1.165, 1.54) is 83.5 Å². The van der Waals surface area contributed by atoms with Gasteiger partial charge in [0.1, 0.15) is 0 Å². The first kappa shape index (κ1) is 31.4. The van der Waals surface area contributed by atoms with Crippen LogP contribution in [-0.4, -0.2) is 31.5 Å². The molecule has 0 spiro atoms. The van der Waals surface area contributed by atoms with Crippen LogP contribution in [0.4, 0.5) is 0 Å². The van der Waals surface area contributed by atoms with Crippen LogP contribution >= 0.6 is 0 Å². The van der Waals surface area contributed by atoms with Crippen molar-refractivity contribution in [1.82, 2.24) is 0 Å². The Hall–Kier alpha value is -0.340. The average molecular weight is 404 g/mol. The molecule has 0 atom stereocenters. The minimum Gasteiger partial charge on any atom is -1.00 e. The number of hydrogen-bond donors (Lipinski definition) is 0. The molecule has 0 saturated heterocycles. The van der Waals surface area contributed by atoms with E-state index in [0.29, 0.717) is 10.4 Å². The van der Waals surface area contributed by atoms with Gasteiger partial charge in [-0.25, -0.2) is 4.79 Å². The molecule has 0 bridgehead atoms. The van der Waals surface area contributed by atoms with Crippen molar-refractivity contribution in [2.24, 2.45) is 0 Å². The van der Waals surface area contributed by atoms with Gasteiger partial charge in [0.25, 0.3) is 0 Å². The molecule has 0 N–H and O–H groups in total. The molecular weight excluding hydrogens is 354 g/mol. The Morgan fingerprint density at radius 1 is 0.667 bits per heavy atom. The maximum absolute atomic E-state index is 11.8. The summed E-state index contributed by atoms with van der Waals surface area (Å²) in [4.78, 5) is 11.8. The van der Waals surface area contributed by atoms with E-state index in [1.54, 1.807) is 0 Å². The fourth-order valence-electron chi connectivity index (χ4n) is 2.68. The zero-order valence-electron chi connectivity index (χ0n) is 19.5. The van der Waals surface area contributed by atoms with Crippen LogP contribution in [0.2, 0.25) is 0 Å². The number of hydrogen-bond acceptors (Lipinski definition) is 1. The highest BCUT2D eigenvalue weighted by Gasteiger charge is 2.18. The lowest BCUT2D eigenvalue weighted by Crippen LogP contribution is -3.00. The van der Waals surface area contributed by atoms with Crippen molar-refractivity contribution in [2.75, 3.05) is 21.1 Å². The zero-order chi connectivity index (χ0) is 20.1. The normalized spacial score (nSPS) is 11.0. The lowest BCUT2D eigenvalue weighted by Gasteiger charge is -2.20. The third-order valence-corrected chi connectivity index (χ3v) is 4.40. The monoisotopic (exact) mass is 403 g/mol. The van der Waals surface area contributed by atoms with E-state index in [4.69, 9.17) is 0 Å². The maximum Gasteiger partial charge on any atom is 0.313 e. The summed E-state index contributed by atoms with van der Waals surface area (Å²) in [6.07, 6.45) is 23.7. The van der Waals surface area contributed by atoms with Crippen LogP contribution in [0.5, 0.6) is 0 Å². The van der Waals surface area contributed by atoms with E-state index in [2.05, 4.69) is 32.9 Å². The number of carbonyl (C=O) groups excluding carboxylic acids is 1. The number of unbranched alkanes of at least 4 members (excludes halogenated alkanes) is 11. The van der Waals surface area contributed by atoms with Gasteiger partial charge in [-0.05, 0) is 32.1 Å². The largest absolute Gasteiger partial charge is 1.00 e. The molecule has 1 amide bonds. The van der Waals surface area contributed by atoms with Crippen molar-refractivity contribution in [1.29, 1.82) is 0 Å². The Kier molecular flexibility index (Phi) is 27.5. The van der Waals surface area contributed by atoms with Crippen molar-refractivity contribution in [3.8, 4) is 0 Å². The SMILES string of the molecule is CCC.CCCCCCCC/C=C\CCCCCCCC(=O)[N+](C)(C)C.[Cl-]. The van der Waals surface area contributed by atoms with Crippen molar-refractivity contribution >= 4 is 5.91 Å². The van der Waals surface area contributed by atoms with Gasteiger partial charge in [-0.2, -0.15) is 0 Å². The first-order valence-corrected chi connectivity index (χ1v) is 11.4. The minimum atomic E-state index is 0. The summed E-state index contributed by atoms with van der Waals surface area (Å²) in [6, 6.07) is 0. The number of carbonyl (C=O) groups is 1. The van der Waals surface area contributed by atoms with Crippen LogP contribution in [0.1, 0.15) is 117 Å². The van der Waals surface area contributed by atoms with Gasteiger partial charge in [0.05, 0.1) is 27.6 Å². The average Bonchev–Trinajstić information content (AvgIpc) is 2.58. The van der Waals surface area contributed by atoms with Crippen LogP contribution in [0.15, 0.2) is 12.2 Å². The highest BCUT2D eigenvalue weighted by molar-refractivity contribution is 5.68. The molecule has 0 aromatic carbocycles. The van der Waals surface area contributed by atoms with Crippen LogP contribution in [0, 0.1) is 0 Å². The van der Waals surface area contributed by atoms with Gasteiger partial charge < -0.3 is 12.4 Å². The Bertz CT molecular complexity index is 321. The standard InChI is InChI=1S/C21H42NO.C3H8.ClH/c1-5-6-7-8-9-10-11-12-13-14-15-16-17-18-19-20-21(23)22(2,3)4;1-3-2;/h12-13H,5-11,14-20H2,1-4H3;3H2,1-2H3;1H/q+1;;/p-1/b13-12-;;. The number of allylic oxidation sites excluding steroid dienone is 2. The molecule has 27 heavy (non-hydrogen) atoms. The van der Waals surface area contributed by atoms with Gasteiger partial charge in [-0.3, -0.25) is 4.48 Å². The Balaban J connectivity index is -0.00000134. The van der Waals surface area contributed by atoms with Crippen molar-refractivity contribution in [3.05, 3.63) is 12.2 Å². The lowest BCUT2D eigenvalue weighted by atomic mass is 10.1. The molecule has 0 unspecified atom stereocenters. The summed E-state index contributed by atoms with van der Waals surface area (Å²) in [5.41, 5.74) is 0. The molecule has 0 heterocycles. The summed E-state index contributed by atoms with van der Waals surface area (Å²) >= 11 is 0. The highest BCUT2D eigenvalue weighted by Crippen LogP contribution is 2.11. The molecule has 0 saturated carbocycles. The Morgan fingerprint density at radius 3 is 1.44 bits per heavy atom. The maximum atomic E-state index is 11.8. The molecule has 3 heteroatoms. The van der Waals surface area contributed by atoms with Crippen LogP contribution < -0.4 is 12.4 Å². The lowest BCUT2D eigenvalue weighted by molar-refractivity contribution is -0.792. The van der Waals surface area contributed by atoms with E-state index in [9.17, 15) is 4.79 Å². The molecule has 0 rings (SSSR count). The number of nitrogens with zero attached hydrogens (tertiary/aromatic N) is 1. The quantitative estimate of drug-likeness (QED) is 0.220. The summed E-state index contributed by atoms with van der Waals surface area (Å²) in [5, 5.41) is 0. The first-order chi connectivity index (χ1) is 12.4. The molecule has 0 aromatic rings. The molecule has 0 aromatic heterocycles. The van der Waals surface area contributed by atoms with Gasteiger partial charge >= 0.3 is 5.91 Å². The second kappa shape index (κ2) is 23.7. The summed E-state index contributed by atoms with van der Waals surface area (Å²) < 4.78 is 0.462. The number of rotatable bonds is 15. The number of quaternary nitrogens is 1. The minimum absolute atomic E-state index is 0. The molecule has 0 radical (unpaired) electrons. The smallest absolute Gasteiger partial charge is 0.313 e. The molecule has 0 aliphatic rings. The summed E-state index contributed by atoms with van der Waals surface area (Å²) in [5.74, 6) is 0.350. The highest BCUT2D eigenvalue weighted by atomic mass is 35.5. The third-order valence-electron chi connectivity index (χ3n) is 4.40. The summed E-state index contributed by atoms with van der Waals surface area (Å²) in [6.45, 7) is 6.52. The fraction of sp³-hybridized carbons (Fsp3) is 0.875. The zero-order valence-corrected chi connectivity index (χ0v) is 20.3. The predicted molar refractivity (Wildman–Crippen MR) is 118 cm³/mol. The van der Waals surface area contributed by atoms with Gasteiger partial charge in [0.15, 0.2) is 0 Å². The molecule has 164 valence electrons. The van der Waals surface area contributed by atoms with E-state index in [-0.39, 0.29) is 12.4 Å². The molecule has 2 nitrogen and oxygen atoms in total. The third kappa shape index (κ3) is 28.0. The van der Waals surface area contributed by atoms with Gasteiger partial charge in [0, 0.05) is 0 Å². The summed E-state index contributed by atoms with van der Waals surface area (Å²) in [7, 11) is 5.87. The second-order valence-electron chi connectivity index (χ2n) is 8.45. The fourth-order valence-corrected chi connectivity index (χ4v) is 2.68. The van der Waals surface area contributed by atoms with E-state index >= 15 is 0 Å². The van der Waals surface area contributed by atoms with E-state index < -0.39 is 0 Å². The van der Waals surface area contributed by atoms with Crippen molar-refractivity contribution in [2.45, 2.75) is 117 Å². The number of halogens is 1. The molecule has 0 aliphatic heterocycles. The Morgan fingerprint density at radius 2 is 1.04 bits per heavy atom.